The molecule has 8 heteroatoms. The van der Waals surface area contributed by atoms with Crippen molar-refractivity contribution >= 4 is 11.6 Å². The van der Waals surface area contributed by atoms with E-state index >= 15 is 0 Å². The number of hydrogen-bond donors (Lipinski definition) is 1. The summed E-state index contributed by atoms with van der Waals surface area (Å²) in [7, 11) is 0. The Hall–Kier alpha value is -3.26. The van der Waals surface area contributed by atoms with Crippen molar-refractivity contribution in [2.45, 2.75) is 19.4 Å². The van der Waals surface area contributed by atoms with Gasteiger partial charge in [-0.3, -0.25) is 9.69 Å². The summed E-state index contributed by atoms with van der Waals surface area (Å²) in [5.74, 6) is 2.71. The highest BCUT2D eigenvalue weighted by Crippen LogP contribution is 2.34. The quantitative estimate of drug-likeness (QED) is 0.707. The summed E-state index contributed by atoms with van der Waals surface area (Å²) in [6.45, 7) is 2.59. The van der Waals surface area contributed by atoms with E-state index in [0.717, 1.165) is 37.3 Å². The second kappa shape index (κ2) is 7.63. The lowest BCUT2D eigenvalue weighted by Gasteiger charge is -2.30. The number of rotatable bonds is 5. The van der Waals surface area contributed by atoms with Gasteiger partial charge >= 0.3 is 0 Å². The Morgan fingerprint density at radius 3 is 2.79 bits per heavy atom. The highest BCUT2D eigenvalue weighted by atomic mass is 16.7. The molecule has 0 atom stereocenters. The van der Waals surface area contributed by atoms with E-state index in [1.165, 1.54) is 0 Å². The smallest absolute Gasteiger partial charge is 0.231 e. The predicted molar refractivity (Wildman–Crippen MR) is 103 cm³/mol. The first-order chi connectivity index (χ1) is 14.2. The largest absolute Gasteiger partial charge is 0.461 e. The van der Waals surface area contributed by atoms with E-state index < -0.39 is 0 Å². The van der Waals surface area contributed by atoms with Crippen LogP contribution in [0.4, 0.5) is 5.69 Å². The number of nitrogens with zero attached hydrogens (tertiary/aromatic N) is 2. The van der Waals surface area contributed by atoms with Gasteiger partial charge in [-0.1, -0.05) is 5.16 Å². The Balaban J connectivity index is 1.13. The fourth-order valence-electron chi connectivity index (χ4n) is 3.72. The third kappa shape index (κ3) is 3.84. The first-order valence-corrected chi connectivity index (χ1v) is 9.67. The van der Waals surface area contributed by atoms with Crippen LogP contribution in [0.2, 0.25) is 0 Å². The molecule has 1 fully saturated rings. The maximum Gasteiger partial charge on any atom is 0.231 e. The molecule has 0 aliphatic carbocycles. The van der Waals surface area contributed by atoms with E-state index in [0.29, 0.717) is 29.6 Å². The number of benzene rings is 1. The van der Waals surface area contributed by atoms with Crippen molar-refractivity contribution in [3.63, 3.8) is 0 Å². The highest BCUT2D eigenvalue weighted by Gasteiger charge is 2.26. The Bertz CT molecular complexity index is 990. The van der Waals surface area contributed by atoms with E-state index in [4.69, 9.17) is 18.4 Å². The molecule has 0 unspecified atom stereocenters. The minimum absolute atomic E-state index is 0.00679. The molecule has 0 saturated carbocycles. The molecular weight excluding hydrogens is 374 g/mol. The van der Waals surface area contributed by atoms with Gasteiger partial charge in [-0.2, -0.15) is 0 Å². The van der Waals surface area contributed by atoms with Crippen LogP contribution in [0.1, 0.15) is 18.5 Å². The van der Waals surface area contributed by atoms with Gasteiger partial charge in [0.15, 0.2) is 17.3 Å². The van der Waals surface area contributed by atoms with Gasteiger partial charge in [-0.15, -0.1) is 0 Å². The Kier molecular flexibility index (Phi) is 4.69. The second-order valence-electron chi connectivity index (χ2n) is 7.27. The fourth-order valence-corrected chi connectivity index (χ4v) is 3.72. The zero-order valence-electron chi connectivity index (χ0n) is 15.8. The molecule has 150 valence electrons. The Morgan fingerprint density at radius 1 is 1.10 bits per heavy atom. The fraction of sp³-hybridized carbons (Fsp3) is 0.333. The van der Waals surface area contributed by atoms with Crippen LogP contribution in [0.5, 0.6) is 11.5 Å². The van der Waals surface area contributed by atoms with Crippen LogP contribution in [0, 0.1) is 5.92 Å². The number of carbonyl (C=O) groups excluding carboxylic acids is 1. The number of fused-ring (bicyclic) bond motifs is 1. The Labute approximate surface area is 167 Å². The van der Waals surface area contributed by atoms with Crippen LogP contribution in [-0.4, -0.2) is 35.8 Å². The number of nitrogens with one attached hydrogen (secondary N) is 1. The first-order valence-electron chi connectivity index (χ1n) is 9.67. The lowest BCUT2D eigenvalue weighted by molar-refractivity contribution is -0.121. The maximum atomic E-state index is 12.6. The summed E-state index contributed by atoms with van der Waals surface area (Å²) in [6.07, 6.45) is 3.22. The van der Waals surface area contributed by atoms with Crippen LogP contribution in [-0.2, 0) is 11.3 Å². The molecule has 5 rings (SSSR count). The summed E-state index contributed by atoms with van der Waals surface area (Å²) in [5.41, 5.74) is 1.59. The van der Waals surface area contributed by atoms with Crippen molar-refractivity contribution in [2.75, 3.05) is 25.2 Å². The number of piperidine rings is 1. The summed E-state index contributed by atoms with van der Waals surface area (Å²) in [5, 5.41) is 7.12. The Morgan fingerprint density at radius 2 is 1.97 bits per heavy atom. The molecule has 1 aromatic carbocycles. The lowest BCUT2D eigenvalue weighted by atomic mass is 9.95. The van der Waals surface area contributed by atoms with E-state index in [-0.39, 0.29) is 18.6 Å². The normalized spacial score (nSPS) is 16.8. The number of furan rings is 1. The summed E-state index contributed by atoms with van der Waals surface area (Å²) < 4.78 is 21.3. The number of ether oxygens (including phenoxy) is 2. The number of carbonyl (C=O) groups is 1. The number of aromatic nitrogens is 1. The van der Waals surface area contributed by atoms with Crippen LogP contribution in [0.15, 0.2) is 51.6 Å². The number of likely N-dealkylation sites (tertiary alicyclic amines) is 1. The molecule has 1 N–H and O–H groups in total. The minimum Gasteiger partial charge on any atom is -0.461 e. The average molecular weight is 395 g/mol. The van der Waals surface area contributed by atoms with Crippen LogP contribution in [0.25, 0.3) is 11.5 Å². The van der Waals surface area contributed by atoms with Crippen LogP contribution in [0.3, 0.4) is 0 Å². The van der Waals surface area contributed by atoms with Crippen LogP contribution >= 0.6 is 0 Å². The molecule has 1 saturated heterocycles. The number of amides is 1. The van der Waals surface area contributed by atoms with E-state index in [1.54, 1.807) is 12.3 Å². The lowest BCUT2D eigenvalue weighted by Crippen LogP contribution is -2.37. The van der Waals surface area contributed by atoms with Crippen molar-refractivity contribution < 1.29 is 23.2 Å². The molecule has 4 heterocycles. The highest BCUT2D eigenvalue weighted by molar-refractivity contribution is 5.93. The van der Waals surface area contributed by atoms with E-state index in [9.17, 15) is 4.79 Å². The number of hydrogen-bond acceptors (Lipinski definition) is 7. The molecule has 29 heavy (non-hydrogen) atoms. The number of anilines is 1. The molecule has 0 bridgehead atoms. The van der Waals surface area contributed by atoms with E-state index in [2.05, 4.69) is 15.4 Å². The van der Waals surface area contributed by atoms with Crippen molar-refractivity contribution in [3.8, 4) is 23.0 Å². The van der Waals surface area contributed by atoms with E-state index in [1.807, 2.05) is 30.3 Å². The zero-order chi connectivity index (χ0) is 19.6. The molecule has 1 amide bonds. The van der Waals surface area contributed by atoms with Crippen molar-refractivity contribution in [2.24, 2.45) is 5.92 Å². The zero-order valence-corrected chi connectivity index (χ0v) is 15.8. The third-order valence-electron chi connectivity index (χ3n) is 5.31. The van der Waals surface area contributed by atoms with Gasteiger partial charge in [0.05, 0.1) is 12.0 Å². The van der Waals surface area contributed by atoms with Crippen molar-refractivity contribution in [1.29, 1.82) is 0 Å². The topological polar surface area (TPSA) is 90.0 Å². The van der Waals surface area contributed by atoms with Gasteiger partial charge < -0.3 is 23.7 Å². The molecule has 0 spiro atoms. The summed E-state index contributed by atoms with van der Waals surface area (Å²) in [6, 6.07) is 11.0. The molecule has 3 aromatic rings. The predicted octanol–water partition coefficient (Wildman–Crippen LogP) is 3.51. The van der Waals surface area contributed by atoms with Gasteiger partial charge in [-0.25, -0.2) is 0 Å². The standard InChI is InChI=1S/C21H21N3O5/c25-21(22-15-3-4-18-19(10-15)28-13-27-18)14-5-7-24(8-6-14)12-16-11-20(29-23-16)17-2-1-9-26-17/h1-4,9-11,14H,5-8,12-13H2,(H,22,25). The van der Waals surface area contributed by atoms with Gasteiger partial charge in [-0.05, 0) is 50.2 Å². The molecule has 0 radical (unpaired) electrons. The SMILES string of the molecule is O=C(Nc1ccc2c(c1)OCO2)C1CCN(Cc2cc(-c3ccco3)on2)CC1. The average Bonchev–Trinajstić information content (AvgIpc) is 3.49. The van der Waals surface area contributed by atoms with Gasteiger partial charge in [0.1, 0.15) is 0 Å². The summed E-state index contributed by atoms with van der Waals surface area (Å²) >= 11 is 0. The molecular formula is C21H21N3O5. The maximum absolute atomic E-state index is 12.6. The second-order valence-corrected chi connectivity index (χ2v) is 7.27. The van der Waals surface area contributed by atoms with Crippen molar-refractivity contribution in [1.82, 2.24) is 10.1 Å². The van der Waals surface area contributed by atoms with Gasteiger partial charge in [0, 0.05) is 30.3 Å². The third-order valence-corrected chi connectivity index (χ3v) is 5.31. The first kappa shape index (κ1) is 17.8. The van der Waals surface area contributed by atoms with Gasteiger partial charge in [0.2, 0.25) is 18.5 Å². The van der Waals surface area contributed by atoms with Gasteiger partial charge in [0.25, 0.3) is 0 Å². The molecule has 2 aliphatic heterocycles. The summed E-state index contributed by atoms with van der Waals surface area (Å²) in [4.78, 5) is 14.9. The molecule has 8 nitrogen and oxygen atoms in total. The van der Waals surface area contributed by atoms with Crippen LogP contribution < -0.4 is 14.8 Å². The monoisotopic (exact) mass is 395 g/mol. The minimum atomic E-state index is -0.00679. The molecule has 2 aliphatic rings. The van der Waals surface area contributed by atoms with Crippen molar-refractivity contribution in [3.05, 3.63) is 48.4 Å². The molecule has 2 aromatic heterocycles.